The quantitative estimate of drug-likeness (QED) is 0.689. The number of hydrogen-bond acceptors (Lipinski definition) is 4. The average molecular weight is 362 g/mol. The normalized spacial score (nSPS) is 12.5. The molecule has 1 unspecified atom stereocenters. The fraction of sp³-hybridized carbons (Fsp3) is 0.556. The molecule has 2 rings (SSSR count). The molecule has 8 nitrogen and oxygen atoms in total. The summed E-state index contributed by atoms with van der Waals surface area (Å²) in [5.41, 5.74) is 2.79. The van der Waals surface area contributed by atoms with Gasteiger partial charge >= 0.3 is 5.97 Å². The van der Waals surface area contributed by atoms with Crippen molar-refractivity contribution in [1.82, 2.24) is 20.1 Å². The van der Waals surface area contributed by atoms with Crippen molar-refractivity contribution in [2.45, 2.75) is 53.0 Å². The fourth-order valence-electron chi connectivity index (χ4n) is 3.21. The first-order chi connectivity index (χ1) is 12.1. The molecule has 1 atom stereocenters. The number of hydrogen-bond donors (Lipinski definition) is 3. The number of carboxylic acids is 1. The van der Waals surface area contributed by atoms with E-state index in [1.165, 1.54) is 0 Å². The van der Waals surface area contributed by atoms with Crippen LogP contribution < -0.4 is 10.9 Å². The zero-order valence-corrected chi connectivity index (χ0v) is 15.8. The fourth-order valence-corrected chi connectivity index (χ4v) is 3.21. The lowest BCUT2D eigenvalue weighted by molar-refractivity contribution is -0.142. The number of carbonyl (C=O) groups is 2. The summed E-state index contributed by atoms with van der Waals surface area (Å²) >= 11 is 0. The number of carboxylic acid groups (broad SMARTS) is 1. The molecule has 0 radical (unpaired) electrons. The van der Waals surface area contributed by atoms with Gasteiger partial charge in [0.15, 0.2) is 5.65 Å². The van der Waals surface area contributed by atoms with Gasteiger partial charge in [-0.3, -0.25) is 19.4 Å². The Hall–Kier alpha value is -2.64. The smallest absolute Gasteiger partial charge is 0.326 e. The molecule has 8 heteroatoms. The van der Waals surface area contributed by atoms with E-state index < -0.39 is 12.0 Å². The van der Waals surface area contributed by atoms with E-state index in [4.69, 9.17) is 0 Å². The predicted molar refractivity (Wildman–Crippen MR) is 98.2 cm³/mol. The van der Waals surface area contributed by atoms with Crippen molar-refractivity contribution in [3.05, 3.63) is 27.2 Å². The molecule has 0 saturated carbocycles. The van der Waals surface area contributed by atoms with Gasteiger partial charge in [-0.05, 0) is 43.7 Å². The Labute approximate surface area is 151 Å². The highest BCUT2D eigenvalue weighted by Crippen LogP contribution is 2.21. The minimum Gasteiger partial charge on any atom is -0.480 e. The topological polar surface area (TPSA) is 117 Å². The Kier molecular flexibility index (Phi) is 5.84. The molecule has 0 spiro atoms. The summed E-state index contributed by atoms with van der Waals surface area (Å²) in [6.45, 7) is 7.51. The van der Waals surface area contributed by atoms with Crippen LogP contribution in [0, 0.1) is 19.8 Å². The maximum absolute atomic E-state index is 12.2. The first-order valence-corrected chi connectivity index (χ1v) is 8.68. The third-order valence-corrected chi connectivity index (χ3v) is 4.52. The summed E-state index contributed by atoms with van der Waals surface area (Å²) in [7, 11) is 1.73. The molecule has 2 heterocycles. The van der Waals surface area contributed by atoms with Crippen molar-refractivity contribution < 1.29 is 14.7 Å². The van der Waals surface area contributed by atoms with E-state index >= 15 is 0 Å². The van der Waals surface area contributed by atoms with E-state index in [-0.39, 0.29) is 23.8 Å². The molecule has 2 aromatic heterocycles. The molecule has 0 bridgehead atoms. The van der Waals surface area contributed by atoms with Crippen LogP contribution in [0.1, 0.15) is 43.5 Å². The number of aliphatic carboxylic acids is 1. The van der Waals surface area contributed by atoms with Gasteiger partial charge in [0.2, 0.25) is 5.91 Å². The number of H-pyrrole nitrogens is 1. The number of aromatic amines is 1. The van der Waals surface area contributed by atoms with Gasteiger partial charge in [-0.2, -0.15) is 0 Å². The van der Waals surface area contributed by atoms with Crippen molar-refractivity contribution in [3.8, 4) is 0 Å². The van der Waals surface area contributed by atoms with Crippen LogP contribution in [0.25, 0.3) is 11.0 Å². The van der Waals surface area contributed by atoms with Crippen molar-refractivity contribution >= 4 is 22.9 Å². The van der Waals surface area contributed by atoms with Crippen LogP contribution in [0.4, 0.5) is 0 Å². The second-order valence-corrected chi connectivity index (χ2v) is 7.09. The van der Waals surface area contributed by atoms with Gasteiger partial charge in [-0.25, -0.2) is 9.78 Å². The summed E-state index contributed by atoms with van der Waals surface area (Å²) in [6.07, 6.45) is 0.919. The summed E-state index contributed by atoms with van der Waals surface area (Å²) in [5, 5.41) is 15.0. The maximum Gasteiger partial charge on any atom is 0.326 e. The van der Waals surface area contributed by atoms with Gasteiger partial charge in [0.05, 0.1) is 5.39 Å². The summed E-state index contributed by atoms with van der Waals surface area (Å²) in [6, 6.07) is -0.887. The Bertz CT molecular complexity index is 895. The molecule has 0 fully saturated rings. The molecule has 0 aromatic carbocycles. The summed E-state index contributed by atoms with van der Waals surface area (Å²) in [4.78, 5) is 40.0. The van der Waals surface area contributed by atoms with Gasteiger partial charge in [0.1, 0.15) is 6.04 Å². The molecule has 2 aromatic rings. The highest BCUT2D eigenvalue weighted by Gasteiger charge is 2.22. The van der Waals surface area contributed by atoms with E-state index in [9.17, 15) is 19.5 Å². The average Bonchev–Trinajstić information content (AvgIpc) is 2.80. The van der Waals surface area contributed by atoms with E-state index in [0.29, 0.717) is 23.9 Å². The van der Waals surface area contributed by atoms with Crippen LogP contribution in [-0.2, 0) is 23.1 Å². The molecule has 3 N–H and O–H groups in total. The monoisotopic (exact) mass is 362 g/mol. The van der Waals surface area contributed by atoms with Crippen LogP contribution >= 0.6 is 0 Å². The molecule has 0 aliphatic carbocycles. The largest absolute Gasteiger partial charge is 0.480 e. The molecule has 0 aliphatic heterocycles. The minimum atomic E-state index is -1.03. The predicted octanol–water partition coefficient (Wildman–Crippen LogP) is 1.43. The van der Waals surface area contributed by atoms with E-state index in [1.54, 1.807) is 11.7 Å². The van der Waals surface area contributed by atoms with Crippen LogP contribution in [0.2, 0.25) is 0 Å². The molecule has 0 saturated heterocycles. The molecular weight excluding hydrogens is 336 g/mol. The second kappa shape index (κ2) is 7.72. The molecule has 1 amide bonds. The minimum absolute atomic E-state index is 0.140. The van der Waals surface area contributed by atoms with Crippen molar-refractivity contribution in [2.75, 3.05) is 0 Å². The zero-order valence-electron chi connectivity index (χ0n) is 15.8. The number of carbonyl (C=O) groups excluding carboxylic acids is 1. The lowest BCUT2D eigenvalue weighted by Crippen LogP contribution is -2.41. The zero-order chi connectivity index (χ0) is 19.6. The standard InChI is InChI=1S/C18H26N4O4/c1-9(2)8-13(18(25)26)20-14(23)7-6-12-10(3)15-16(19-11(12)4)22(5)21-17(15)24/h9,13H,6-8H2,1-5H3,(H,20,23)(H,21,24)(H,25,26). The van der Waals surface area contributed by atoms with Gasteiger partial charge in [-0.1, -0.05) is 13.8 Å². The van der Waals surface area contributed by atoms with E-state index in [2.05, 4.69) is 15.4 Å². The first-order valence-electron chi connectivity index (χ1n) is 8.68. The van der Waals surface area contributed by atoms with Gasteiger partial charge in [0, 0.05) is 19.2 Å². The first kappa shape index (κ1) is 19.7. The SMILES string of the molecule is Cc1nc2c(c(C)c1CCC(=O)NC(CC(C)C)C(=O)O)c(=O)[nH]n2C. The van der Waals surface area contributed by atoms with Crippen LogP contribution in [0.3, 0.4) is 0 Å². The molecular formula is C18H26N4O4. The van der Waals surface area contributed by atoms with Crippen molar-refractivity contribution in [1.29, 1.82) is 0 Å². The van der Waals surface area contributed by atoms with Gasteiger partial charge < -0.3 is 10.4 Å². The van der Waals surface area contributed by atoms with Crippen molar-refractivity contribution in [2.24, 2.45) is 13.0 Å². The van der Waals surface area contributed by atoms with Crippen LogP contribution in [-0.4, -0.2) is 37.8 Å². The Morgan fingerprint density at radius 3 is 2.54 bits per heavy atom. The highest BCUT2D eigenvalue weighted by atomic mass is 16.4. The van der Waals surface area contributed by atoms with Gasteiger partial charge in [-0.15, -0.1) is 0 Å². The third-order valence-electron chi connectivity index (χ3n) is 4.52. The lowest BCUT2D eigenvalue weighted by atomic mass is 9.99. The van der Waals surface area contributed by atoms with Crippen LogP contribution in [0.15, 0.2) is 4.79 Å². The number of rotatable bonds is 7. The second-order valence-electron chi connectivity index (χ2n) is 7.09. The van der Waals surface area contributed by atoms with E-state index in [1.807, 2.05) is 27.7 Å². The number of amides is 1. The number of aryl methyl sites for hydroxylation is 3. The van der Waals surface area contributed by atoms with Crippen LogP contribution in [0.5, 0.6) is 0 Å². The highest BCUT2D eigenvalue weighted by molar-refractivity contribution is 5.84. The van der Waals surface area contributed by atoms with Crippen molar-refractivity contribution in [3.63, 3.8) is 0 Å². The number of aromatic nitrogens is 3. The maximum atomic E-state index is 12.2. The molecule has 142 valence electrons. The Morgan fingerprint density at radius 1 is 1.31 bits per heavy atom. The summed E-state index contributed by atoms with van der Waals surface area (Å²) in [5.74, 6) is -1.19. The number of pyridine rings is 1. The Balaban J connectivity index is 2.16. The third kappa shape index (κ3) is 4.12. The molecule has 26 heavy (non-hydrogen) atoms. The lowest BCUT2D eigenvalue weighted by Gasteiger charge is -2.17. The number of fused-ring (bicyclic) bond motifs is 1. The number of nitrogens with one attached hydrogen (secondary N) is 2. The summed E-state index contributed by atoms with van der Waals surface area (Å²) < 4.78 is 1.58. The Morgan fingerprint density at radius 2 is 1.96 bits per heavy atom. The van der Waals surface area contributed by atoms with Gasteiger partial charge in [0.25, 0.3) is 5.56 Å². The number of nitrogens with zero attached hydrogens (tertiary/aromatic N) is 2. The van der Waals surface area contributed by atoms with E-state index in [0.717, 1.165) is 16.8 Å². The molecule has 0 aliphatic rings.